The van der Waals surface area contributed by atoms with Gasteiger partial charge in [-0.15, -0.1) is 0 Å². The van der Waals surface area contributed by atoms with Crippen molar-refractivity contribution in [3.05, 3.63) is 77.5 Å². The van der Waals surface area contributed by atoms with Gasteiger partial charge in [-0.05, 0) is 28.2 Å². The van der Waals surface area contributed by atoms with Gasteiger partial charge in [-0.2, -0.15) is 0 Å². The van der Waals surface area contributed by atoms with Gasteiger partial charge in [0.1, 0.15) is 24.6 Å². The fourth-order valence-electron chi connectivity index (χ4n) is 3.99. The summed E-state index contributed by atoms with van der Waals surface area (Å²) >= 11 is 0. The van der Waals surface area contributed by atoms with Gasteiger partial charge >= 0.3 is 6.09 Å². The highest BCUT2D eigenvalue weighted by Crippen LogP contribution is 2.44. The molecular formula is C24H26N2O4. The van der Waals surface area contributed by atoms with Crippen LogP contribution in [0.2, 0.25) is 0 Å². The van der Waals surface area contributed by atoms with E-state index in [1.54, 1.807) is 0 Å². The zero-order valence-corrected chi connectivity index (χ0v) is 17.2. The van der Waals surface area contributed by atoms with Crippen LogP contribution in [-0.4, -0.2) is 22.8 Å². The number of alkyl carbamates (subject to hydrolysis) is 1. The molecule has 1 amide bonds. The van der Waals surface area contributed by atoms with Crippen LogP contribution < -0.4 is 5.32 Å². The molecule has 0 saturated carbocycles. The van der Waals surface area contributed by atoms with E-state index in [1.165, 1.54) is 28.5 Å². The maximum absolute atomic E-state index is 12.7. The molecule has 0 saturated heterocycles. The van der Waals surface area contributed by atoms with Gasteiger partial charge in [-0.25, -0.2) is 9.78 Å². The number of aromatic nitrogens is 1. The number of oxazole rings is 1. The molecule has 1 heterocycles. The summed E-state index contributed by atoms with van der Waals surface area (Å²) in [7, 11) is 0. The Morgan fingerprint density at radius 1 is 1.17 bits per heavy atom. The van der Waals surface area contributed by atoms with Crippen molar-refractivity contribution in [3.8, 4) is 11.1 Å². The Morgan fingerprint density at radius 2 is 1.80 bits per heavy atom. The minimum absolute atomic E-state index is 0.00734. The monoisotopic (exact) mass is 406 g/mol. The third-order valence-corrected chi connectivity index (χ3v) is 5.83. The molecule has 6 nitrogen and oxygen atoms in total. The lowest BCUT2D eigenvalue weighted by molar-refractivity contribution is 0.132. The molecule has 0 fully saturated rings. The fourth-order valence-corrected chi connectivity index (χ4v) is 3.99. The van der Waals surface area contributed by atoms with Gasteiger partial charge in [0.2, 0.25) is 5.89 Å². The molecule has 0 spiro atoms. The second-order valence-corrected chi connectivity index (χ2v) is 7.67. The van der Waals surface area contributed by atoms with E-state index < -0.39 is 12.1 Å². The minimum Gasteiger partial charge on any atom is -0.449 e. The van der Waals surface area contributed by atoms with Gasteiger partial charge < -0.3 is 19.6 Å². The number of nitrogens with zero attached hydrogens (tertiary/aromatic N) is 1. The number of hydrogen-bond acceptors (Lipinski definition) is 5. The third kappa shape index (κ3) is 3.83. The van der Waals surface area contributed by atoms with Gasteiger partial charge in [-0.3, -0.25) is 0 Å². The van der Waals surface area contributed by atoms with Crippen LogP contribution in [0.5, 0.6) is 0 Å². The summed E-state index contributed by atoms with van der Waals surface area (Å²) < 4.78 is 11.1. The summed E-state index contributed by atoms with van der Waals surface area (Å²) in [6.45, 7) is 4.09. The van der Waals surface area contributed by atoms with Crippen molar-refractivity contribution in [2.75, 3.05) is 6.61 Å². The molecule has 156 valence electrons. The first-order valence-electron chi connectivity index (χ1n) is 10.3. The average molecular weight is 406 g/mol. The van der Waals surface area contributed by atoms with Crippen molar-refractivity contribution < 1.29 is 19.1 Å². The number of rotatable bonds is 7. The number of amides is 1. The van der Waals surface area contributed by atoms with Gasteiger partial charge in [0.05, 0.1) is 6.61 Å². The molecule has 1 unspecified atom stereocenters. The maximum Gasteiger partial charge on any atom is 0.407 e. The van der Waals surface area contributed by atoms with Crippen LogP contribution in [0, 0.1) is 5.92 Å². The number of benzene rings is 2. The highest BCUT2D eigenvalue weighted by atomic mass is 16.5. The zero-order valence-electron chi connectivity index (χ0n) is 17.2. The quantitative estimate of drug-likeness (QED) is 0.589. The van der Waals surface area contributed by atoms with Crippen molar-refractivity contribution in [1.29, 1.82) is 0 Å². The molecule has 2 aromatic carbocycles. The van der Waals surface area contributed by atoms with Crippen LogP contribution in [0.3, 0.4) is 0 Å². The van der Waals surface area contributed by atoms with E-state index in [1.807, 2.05) is 38.1 Å². The van der Waals surface area contributed by atoms with Crippen molar-refractivity contribution in [1.82, 2.24) is 10.3 Å². The van der Waals surface area contributed by atoms with E-state index in [2.05, 4.69) is 34.6 Å². The van der Waals surface area contributed by atoms with E-state index in [9.17, 15) is 9.90 Å². The van der Waals surface area contributed by atoms with Crippen LogP contribution in [0.25, 0.3) is 11.1 Å². The first kappa shape index (κ1) is 20.2. The molecule has 2 N–H and O–H groups in total. The first-order chi connectivity index (χ1) is 14.6. The molecule has 2 atom stereocenters. The van der Waals surface area contributed by atoms with E-state index in [0.717, 1.165) is 6.42 Å². The summed E-state index contributed by atoms with van der Waals surface area (Å²) in [6.07, 6.45) is 1.72. The predicted molar refractivity (Wildman–Crippen MR) is 113 cm³/mol. The number of aliphatic hydroxyl groups is 1. The summed E-state index contributed by atoms with van der Waals surface area (Å²) in [5.74, 6) is 0.477. The van der Waals surface area contributed by atoms with Gasteiger partial charge in [-0.1, -0.05) is 68.8 Å². The van der Waals surface area contributed by atoms with Gasteiger partial charge in [0.15, 0.2) is 0 Å². The van der Waals surface area contributed by atoms with Gasteiger partial charge in [0, 0.05) is 5.92 Å². The highest BCUT2D eigenvalue weighted by molar-refractivity contribution is 5.79. The Morgan fingerprint density at radius 3 is 2.37 bits per heavy atom. The number of carbonyl (C=O) groups is 1. The Bertz CT molecular complexity index is 984. The number of fused-ring (bicyclic) bond motifs is 3. The minimum atomic E-state index is -0.508. The summed E-state index contributed by atoms with van der Waals surface area (Å²) in [4.78, 5) is 16.9. The van der Waals surface area contributed by atoms with Crippen molar-refractivity contribution in [2.45, 2.75) is 38.8 Å². The lowest BCUT2D eigenvalue weighted by atomic mass is 9.98. The smallest absolute Gasteiger partial charge is 0.407 e. The van der Waals surface area contributed by atoms with Crippen LogP contribution in [-0.2, 0) is 11.3 Å². The molecular weight excluding hydrogens is 380 g/mol. The lowest BCUT2D eigenvalue weighted by Crippen LogP contribution is -2.34. The normalized spacial score (nSPS) is 14.6. The molecule has 4 rings (SSSR count). The molecule has 3 aromatic rings. The molecule has 1 aliphatic rings. The fraction of sp³-hybridized carbons (Fsp3) is 0.333. The van der Waals surface area contributed by atoms with Crippen LogP contribution in [0.1, 0.15) is 54.9 Å². The largest absolute Gasteiger partial charge is 0.449 e. The lowest BCUT2D eigenvalue weighted by Gasteiger charge is -2.22. The average Bonchev–Trinajstić information content (AvgIpc) is 3.38. The summed E-state index contributed by atoms with van der Waals surface area (Å²) in [5.41, 5.74) is 5.16. The second-order valence-electron chi connectivity index (χ2n) is 7.67. The van der Waals surface area contributed by atoms with Crippen molar-refractivity contribution >= 4 is 6.09 Å². The number of ether oxygens (including phenoxy) is 1. The van der Waals surface area contributed by atoms with Crippen molar-refractivity contribution in [3.63, 3.8) is 0 Å². The predicted octanol–water partition coefficient (Wildman–Crippen LogP) is 4.79. The van der Waals surface area contributed by atoms with E-state index in [4.69, 9.17) is 9.15 Å². The highest BCUT2D eigenvalue weighted by Gasteiger charge is 2.30. The number of nitrogens with one attached hydrogen (secondary N) is 1. The van der Waals surface area contributed by atoms with E-state index in [-0.39, 0.29) is 25.0 Å². The second kappa shape index (κ2) is 8.71. The summed E-state index contributed by atoms with van der Waals surface area (Å²) in [6, 6.07) is 16.0. The molecule has 1 aromatic heterocycles. The van der Waals surface area contributed by atoms with Crippen LogP contribution >= 0.6 is 0 Å². The molecule has 6 heteroatoms. The number of carbonyl (C=O) groups excluding carboxylic acids is 1. The topological polar surface area (TPSA) is 84.6 Å². The molecule has 0 radical (unpaired) electrons. The summed E-state index contributed by atoms with van der Waals surface area (Å²) in [5, 5.41) is 12.1. The zero-order chi connectivity index (χ0) is 21.1. The first-order valence-corrected chi connectivity index (χ1v) is 10.3. The van der Waals surface area contributed by atoms with Crippen LogP contribution in [0.15, 0.2) is 59.2 Å². The van der Waals surface area contributed by atoms with Gasteiger partial charge in [0.25, 0.3) is 0 Å². The Kier molecular flexibility index (Phi) is 5.86. The Balaban J connectivity index is 1.47. The molecule has 0 bridgehead atoms. The Hall–Kier alpha value is -3.12. The van der Waals surface area contributed by atoms with E-state index in [0.29, 0.717) is 11.6 Å². The SMILES string of the molecule is CCC(C)[C@H](NC(=O)OCC1c2ccccc2-c2ccccc21)c1nc(CO)co1. The molecule has 30 heavy (non-hydrogen) atoms. The number of hydrogen-bond donors (Lipinski definition) is 2. The number of aliphatic hydroxyl groups excluding tert-OH is 1. The third-order valence-electron chi connectivity index (χ3n) is 5.83. The maximum atomic E-state index is 12.7. The molecule has 0 aliphatic heterocycles. The van der Waals surface area contributed by atoms with Crippen LogP contribution in [0.4, 0.5) is 4.79 Å². The van der Waals surface area contributed by atoms with E-state index >= 15 is 0 Å². The molecule has 1 aliphatic carbocycles. The van der Waals surface area contributed by atoms with Crippen molar-refractivity contribution in [2.24, 2.45) is 5.92 Å². The Labute approximate surface area is 175 Å². The standard InChI is InChI=1S/C24H26N2O4/c1-3-15(2)22(23-25-16(12-27)13-29-23)26-24(28)30-14-21-19-10-6-4-8-17(19)18-9-5-7-11-20(18)21/h4-11,13,15,21-22,27H,3,12,14H2,1-2H3,(H,26,28)/t15?,22-/m0/s1.